The van der Waals surface area contributed by atoms with Gasteiger partial charge in [-0.15, -0.1) is 11.1 Å². The van der Waals surface area contributed by atoms with Gasteiger partial charge < -0.3 is 9.55 Å². The van der Waals surface area contributed by atoms with Gasteiger partial charge in [-0.1, -0.05) is 13.8 Å². The fourth-order valence-electron chi connectivity index (χ4n) is 0.834. The molecule has 0 heterocycles. The molecule has 1 unspecified atom stereocenters. The van der Waals surface area contributed by atoms with Crippen molar-refractivity contribution in [2.24, 2.45) is 0 Å². The molecule has 3 nitrogen and oxygen atoms in total. The summed E-state index contributed by atoms with van der Waals surface area (Å²) >= 11 is 6.10. The Balaban J connectivity index is 3.51. The maximum absolute atomic E-state index is 6.10. The van der Waals surface area contributed by atoms with Gasteiger partial charge in [0, 0.05) is 6.67 Å². The van der Waals surface area contributed by atoms with Crippen LogP contribution in [0.15, 0.2) is 0 Å². The van der Waals surface area contributed by atoms with Crippen LogP contribution in [0.3, 0.4) is 0 Å². The molecule has 0 aromatic carbocycles. The standard InChI is InChI=1S/C7H20ClN3Si/c1-5-11(6-2)7-9-12(8)10(3)4/h9,12H,5-7H2,1-4H3. The normalized spacial score (nSPS) is 14.2. The molecule has 1 N–H and O–H groups in total. The third kappa shape index (κ3) is 5.11. The quantitative estimate of drug-likeness (QED) is 0.388. The number of hydrogen-bond acceptors (Lipinski definition) is 3. The van der Waals surface area contributed by atoms with Gasteiger partial charge in [0.1, 0.15) is 0 Å². The Labute approximate surface area is 82.1 Å². The third-order valence-electron chi connectivity index (χ3n) is 1.83. The van der Waals surface area contributed by atoms with E-state index < -0.39 is 8.43 Å². The van der Waals surface area contributed by atoms with E-state index in [1.165, 1.54) is 0 Å². The van der Waals surface area contributed by atoms with E-state index in [0.29, 0.717) is 0 Å². The Bertz CT molecular complexity index is 107. The second-order valence-corrected chi connectivity index (χ2v) is 6.32. The molecule has 74 valence electrons. The molecule has 0 aromatic heterocycles. The summed E-state index contributed by atoms with van der Waals surface area (Å²) in [5.41, 5.74) is 0. The summed E-state index contributed by atoms with van der Waals surface area (Å²) in [4.78, 5) is 5.65. The summed E-state index contributed by atoms with van der Waals surface area (Å²) in [6.07, 6.45) is 0. The lowest BCUT2D eigenvalue weighted by molar-refractivity contribution is 0.298. The molecule has 0 aliphatic carbocycles. The highest BCUT2D eigenvalue weighted by Crippen LogP contribution is 1.90. The minimum atomic E-state index is -1.35. The van der Waals surface area contributed by atoms with Gasteiger partial charge in [0.25, 0.3) is 8.43 Å². The summed E-state index contributed by atoms with van der Waals surface area (Å²) in [6, 6.07) is 0. The second kappa shape index (κ2) is 6.86. The highest BCUT2D eigenvalue weighted by molar-refractivity contribution is 7.03. The summed E-state index contributed by atoms with van der Waals surface area (Å²) < 4.78 is 2.07. The van der Waals surface area contributed by atoms with Gasteiger partial charge in [-0.05, 0) is 27.2 Å². The second-order valence-electron chi connectivity index (χ2n) is 2.96. The number of halogens is 1. The van der Waals surface area contributed by atoms with E-state index in [-0.39, 0.29) is 0 Å². The first kappa shape index (κ1) is 12.4. The Hall–Kier alpha value is 0.387. The molecule has 0 saturated carbocycles. The Morgan fingerprint density at radius 2 is 1.75 bits per heavy atom. The van der Waals surface area contributed by atoms with Crippen LogP contribution >= 0.6 is 11.1 Å². The van der Waals surface area contributed by atoms with Crippen molar-refractivity contribution in [3.63, 3.8) is 0 Å². The van der Waals surface area contributed by atoms with Gasteiger partial charge in [0.05, 0.1) is 0 Å². The zero-order valence-electron chi connectivity index (χ0n) is 8.47. The molecular formula is C7H20ClN3Si. The zero-order chi connectivity index (χ0) is 9.56. The average molecular weight is 210 g/mol. The molecule has 5 heteroatoms. The topological polar surface area (TPSA) is 18.5 Å². The van der Waals surface area contributed by atoms with Crippen molar-refractivity contribution in [1.82, 2.24) is 14.4 Å². The maximum atomic E-state index is 6.10. The monoisotopic (exact) mass is 209 g/mol. The van der Waals surface area contributed by atoms with E-state index in [4.69, 9.17) is 11.1 Å². The number of nitrogens with one attached hydrogen (secondary N) is 1. The minimum Gasteiger partial charge on any atom is -0.308 e. The molecule has 0 aliphatic heterocycles. The molecule has 0 aliphatic rings. The lowest BCUT2D eigenvalue weighted by Gasteiger charge is -2.23. The molecule has 0 spiro atoms. The van der Waals surface area contributed by atoms with Crippen LogP contribution in [0.2, 0.25) is 0 Å². The van der Waals surface area contributed by atoms with Crippen molar-refractivity contribution in [3.05, 3.63) is 0 Å². The van der Waals surface area contributed by atoms with Crippen LogP contribution in [0.5, 0.6) is 0 Å². The first-order valence-corrected chi connectivity index (χ1v) is 7.22. The minimum absolute atomic E-state index is 0.908. The van der Waals surface area contributed by atoms with Crippen LogP contribution in [0, 0.1) is 0 Å². The van der Waals surface area contributed by atoms with Crippen molar-refractivity contribution in [2.75, 3.05) is 33.9 Å². The molecule has 0 rings (SSSR count). The van der Waals surface area contributed by atoms with Crippen LogP contribution in [-0.2, 0) is 0 Å². The van der Waals surface area contributed by atoms with Crippen molar-refractivity contribution in [1.29, 1.82) is 0 Å². The first-order chi connectivity index (χ1) is 5.61. The predicted octanol–water partition coefficient (Wildman–Crippen LogP) is 0.393. The van der Waals surface area contributed by atoms with E-state index in [0.717, 1.165) is 19.8 Å². The van der Waals surface area contributed by atoms with Gasteiger partial charge in [-0.3, -0.25) is 4.90 Å². The van der Waals surface area contributed by atoms with Gasteiger partial charge >= 0.3 is 0 Å². The van der Waals surface area contributed by atoms with Crippen LogP contribution in [-0.4, -0.2) is 51.7 Å². The van der Waals surface area contributed by atoms with Gasteiger partial charge in [0.15, 0.2) is 0 Å². The van der Waals surface area contributed by atoms with Crippen LogP contribution in [0.25, 0.3) is 0 Å². The highest BCUT2D eigenvalue weighted by Gasteiger charge is 2.09. The summed E-state index contributed by atoms with van der Waals surface area (Å²) in [5.74, 6) is 0. The SMILES string of the molecule is CCN(CC)CN[SiH](Cl)N(C)C. The van der Waals surface area contributed by atoms with Crippen molar-refractivity contribution >= 4 is 19.5 Å². The molecule has 0 fully saturated rings. The summed E-state index contributed by atoms with van der Waals surface area (Å²) in [5, 5.41) is 0. The Morgan fingerprint density at radius 1 is 1.25 bits per heavy atom. The first-order valence-electron chi connectivity index (χ1n) is 4.38. The van der Waals surface area contributed by atoms with Crippen LogP contribution in [0.4, 0.5) is 0 Å². The fraction of sp³-hybridized carbons (Fsp3) is 1.00. The zero-order valence-corrected chi connectivity index (χ0v) is 10.4. The number of hydrogen-bond donors (Lipinski definition) is 1. The van der Waals surface area contributed by atoms with E-state index >= 15 is 0 Å². The Kier molecular flexibility index (Phi) is 7.08. The summed E-state index contributed by atoms with van der Waals surface area (Å²) in [7, 11) is 2.68. The third-order valence-corrected chi connectivity index (χ3v) is 4.89. The molecule has 0 aromatic rings. The lowest BCUT2D eigenvalue weighted by Crippen LogP contribution is -2.47. The highest BCUT2D eigenvalue weighted by atomic mass is 35.6. The lowest BCUT2D eigenvalue weighted by atomic mass is 10.6. The molecule has 0 amide bonds. The molecular weight excluding hydrogens is 190 g/mol. The Morgan fingerprint density at radius 3 is 2.08 bits per heavy atom. The van der Waals surface area contributed by atoms with Crippen molar-refractivity contribution in [3.8, 4) is 0 Å². The van der Waals surface area contributed by atoms with E-state index in [9.17, 15) is 0 Å². The smallest absolute Gasteiger partial charge is 0.289 e. The molecule has 1 atom stereocenters. The van der Waals surface area contributed by atoms with E-state index in [1.807, 2.05) is 14.1 Å². The predicted molar refractivity (Wildman–Crippen MR) is 57.6 cm³/mol. The van der Waals surface area contributed by atoms with E-state index in [2.05, 4.69) is 28.3 Å². The van der Waals surface area contributed by atoms with Crippen LogP contribution < -0.4 is 4.98 Å². The number of nitrogens with zero attached hydrogens (tertiary/aromatic N) is 2. The van der Waals surface area contributed by atoms with Gasteiger partial charge in [0.2, 0.25) is 0 Å². The summed E-state index contributed by atoms with van der Waals surface area (Å²) in [6.45, 7) is 7.38. The van der Waals surface area contributed by atoms with E-state index in [1.54, 1.807) is 0 Å². The average Bonchev–Trinajstić information content (AvgIpc) is 2.05. The molecule has 12 heavy (non-hydrogen) atoms. The number of rotatable bonds is 6. The van der Waals surface area contributed by atoms with Crippen molar-refractivity contribution in [2.45, 2.75) is 13.8 Å². The van der Waals surface area contributed by atoms with Crippen molar-refractivity contribution < 1.29 is 0 Å². The maximum Gasteiger partial charge on any atom is 0.289 e. The fourth-order valence-corrected chi connectivity index (χ4v) is 1.82. The van der Waals surface area contributed by atoms with Gasteiger partial charge in [-0.2, -0.15) is 0 Å². The largest absolute Gasteiger partial charge is 0.308 e. The molecule has 0 saturated heterocycles. The molecule has 0 radical (unpaired) electrons. The van der Waals surface area contributed by atoms with Gasteiger partial charge in [-0.25, -0.2) is 0 Å². The molecule has 0 bridgehead atoms. The van der Waals surface area contributed by atoms with Crippen LogP contribution in [0.1, 0.15) is 13.8 Å².